The van der Waals surface area contributed by atoms with Crippen LogP contribution >= 0.6 is 0 Å². The molecular formula is C15H22N2O2. The zero-order chi connectivity index (χ0) is 13.8. The fraction of sp³-hybridized carbons (Fsp3) is 0.533. The molecule has 1 fully saturated rings. The Kier molecular flexibility index (Phi) is 4.43. The summed E-state index contributed by atoms with van der Waals surface area (Å²) < 4.78 is 0. The molecule has 1 aliphatic rings. The molecule has 4 nitrogen and oxygen atoms in total. The first-order chi connectivity index (χ1) is 9.06. The third kappa shape index (κ3) is 3.70. The standard InChI is InChI=1S/C15H22N2O2/c1-10-3-6-13(14(18)7-10)15(19)17-9-12-5-4-11(2)16-8-12/h3,6-7,11-12,16,18H,4-5,8-9H2,1-2H3,(H,17,19). The fourth-order valence-corrected chi connectivity index (χ4v) is 2.40. The van der Waals surface area contributed by atoms with Gasteiger partial charge in [0.25, 0.3) is 5.91 Å². The molecule has 0 radical (unpaired) electrons. The lowest BCUT2D eigenvalue weighted by Crippen LogP contribution is -2.41. The largest absolute Gasteiger partial charge is 0.507 e. The van der Waals surface area contributed by atoms with Crippen LogP contribution in [0.1, 0.15) is 35.7 Å². The highest BCUT2D eigenvalue weighted by molar-refractivity contribution is 5.96. The molecule has 19 heavy (non-hydrogen) atoms. The first kappa shape index (κ1) is 13.9. The average molecular weight is 262 g/mol. The van der Waals surface area contributed by atoms with E-state index in [0.29, 0.717) is 24.1 Å². The molecule has 1 amide bonds. The highest BCUT2D eigenvalue weighted by Gasteiger charge is 2.19. The summed E-state index contributed by atoms with van der Waals surface area (Å²) in [5, 5.41) is 16.1. The van der Waals surface area contributed by atoms with E-state index >= 15 is 0 Å². The average Bonchev–Trinajstić information content (AvgIpc) is 2.37. The van der Waals surface area contributed by atoms with Crippen molar-refractivity contribution in [3.05, 3.63) is 29.3 Å². The Morgan fingerprint density at radius 1 is 1.47 bits per heavy atom. The topological polar surface area (TPSA) is 61.4 Å². The second-order valence-corrected chi connectivity index (χ2v) is 5.48. The van der Waals surface area contributed by atoms with Crippen LogP contribution in [0.15, 0.2) is 18.2 Å². The van der Waals surface area contributed by atoms with Gasteiger partial charge < -0.3 is 15.7 Å². The van der Waals surface area contributed by atoms with E-state index in [4.69, 9.17) is 0 Å². The Balaban J connectivity index is 1.87. The molecule has 104 valence electrons. The van der Waals surface area contributed by atoms with Crippen LogP contribution in [0, 0.1) is 12.8 Å². The number of carbonyl (C=O) groups is 1. The predicted molar refractivity (Wildman–Crippen MR) is 75.4 cm³/mol. The number of piperidine rings is 1. The van der Waals surface area contributed by atoms with Crippen LogP contribution < -0.4 is 10.6 Å². The number of phenols is 1. The molecule has 1 aromatic carbocycles. The van der Waals surface area contributed by atoms with E-state index in [2.05, 4.69) is 17.6 Å². The molecule has 1 aromatic rings. The number of nitrogens with one attached hydrogen (secondary N) is 2. The van der Waals surface area contributed by atoms with Gasteiger partial charge in [-0.1, -0.05) is 6.07 Å². The quantitative estimate of drug-likeness (QED) is 0.778. The first-order valence-electron chi connectivity index (χ1n) is 6.87. The summed E-state index contributed by atoms with van der Waals surface area (Å²) in [4.78, 5) is 12.0. The number of rotatable bonds is 3. The maximum atomic E-state index is 12.0. The zero-order valence-electron chi connectivity index (χ0n) is 11.6. The Hall–Kier alpha value is -1.55. The van der Waals surface area contributed by atoms with Crippen LogP contribution in [0.5, 0.6) is 5.75 Å². The maximum absolute atomic E-state index is 12.0. The number of carbonyl (C=O) groups excluding carboxylic acids is 1. The fourth-order valence-electron chi connectivity index (χ4n) is 2.40. The lowest BCUT2D eigenvalue weighted by molar-refractivity contribution is 0.0941. The molecule has 0 spiro atoms. The lowest BCUT2D eigenvalue weighted by Gasteiger charge is -2.27. The maximum Gasteiger partial charge on any atom is 0.255 e. The Bertz CT molecular complexity index is 451. The molecule has 0 aliphatic carbocycles. The number of benzene rings is 1. The van der Waals surface area contributed by atoms with Crippen molar-refractivity contribution >= 4 is 5.91 Å². The first-order valence-corrected chi connectivity index (χ1v) is 6.87. The molecule has 0 saturated carbocycles. The van der Waals surface area contributed by atoms with E-state index in [-0.39, 0.29) is 11.7 Å². The molecule has 1 heterocycles. The number of aryl methyl sites for hydroxylation is 1. The monoisotopic (exact) mass is 262 g/mol. The molecule has 1 saturated heterocycles. The van der Waals surface area contributed by atoms with Gasteiger partial charge >= 0.3 is 0 Å². The molecule has 2 atom stereocenters. The van der Waals surface area contributed by atoms with Crippen LogP contribution in [-0.4, -0.2) is 30.1 Å². The zero-order valence-corrected chi connectivity index (χ0v) is 11.6. The van der Waals surface area contributed by atoms with Crippen LogP contribution in [0.2, 0.25) is 0 Å². The molecule has 0 bridgehead atoms. The van der Waals surface area contributed by atoms with E-state index in [0.717, 1.165) is 24.9 Å². The molecule has 2 rings (SSSR count). The van der Waals surface area contributed by atoms with Gasteiger partial charge in [-0.15, -0.1) is 0 Å². The van der Waals surface area contributed by atoms with Crippen molar-refractivity contribution in [2.24, 2.45) is 5.92 Å². The van der Waals surface area contributed by atoms with Crippen molar-refractivity contribution in [1.82, 2.24) is 10.6 Å². The summed E-state index contributed by atoms with van der Waals surface area (Å²) in [6.07, 6.45) is 2.28. The van der Waals surface area contributed by atoms with Gasteiger partial charge in [-0.3, -0.25) is 4.79 Å². The highest BCUT2D eigenvalue weighted by Crippen LogP contribution is 2.18. The van der Waals surface area contributed by atoms with Gasteiger partial charge in [0.1, 0.15) is 5.75 Å². The summed E-state index contributed by atoms with van der Waals surface area (Å²) in [6.45, 7) is 5.67. The number of hydrogen-bond donors (Lipinski definition) is 3. The van der Waals surface area contributed by atoms with E-state index in [9.17, 15) is 9.90 Å². The lowest BCUT2D eigenvalue weighted by atomic mass is 9.95. The predicted octanol–water partition coefficient (Wildman–Crippen LogP) is 1.82. The molecule has 3 N–H and O–H groups in total. The van der Waals surface area contributed by atoms with E-state index in [1.165, 1.54) is 0 Å². The molecule has 0 aromatic heterocycles. The van der Waals surface area contributed by atoms with Crippen molar-refractivity contribution in [2.45, 2.75) is 32.7 Å². The number of phenolic OH excluding ortho intramolecular Hbond substituents is 1. The second-order valence-electron chi connectivity index (χ2n) is 5.48. The van der Waals surface area contributed by atoms with Crippen LogP contribution in [0.25, 0.3) is 0 Å². The third-order valence-electron chi connectivity index (χ3n) is 3.71. The van der Waals surface area contributed by atoms with Crippen molar-refractivity contribution in [1.29, 1.82) is 0 Å². The molecule has 4 heteroatoms. The minimum atomic E-state index is -0.198. The number of hydrogen-bond acceptors (Lipinski definition) is 3. The van der Waals surface area contributed by atoms with Gasteiger partial charge in [0, 0.05) is 12.6 Å². The van der Waals surface area contributed by atoms with Gasteiger partial charge in [-0.05, 0) is 56.8 Å². The Labute approximate surface area is 114 Å². The van der Waals surface area contributed by atoms with E-state index < -0.39 is 0 Å². The minimum absolute atomic E-state index is 0.0490. The van der Waals surface area contributed by atoms with Crippen LogP contribution in [0.3, 0.4) is 0 Å². The van der Waals surface area contributed by atoms with Gasteiger partial charge in [0.2, 0.25) is 0 Å². The highest BCUT2D eigenvalue weighted by atomic mass is 16.3. The normalized spacial score (nSPS) is 23.1. The number of amides is 1. The molecular weight excluding hydrogens is 240 g/mol. The van der Waals surface area contributed by atoms with Gasteiger partial charge in [-0.2, -0.15) is 0 Å². The molecule has 1 aliphatic heterocycles. The second kappa shape index (κ2) is 6.06. The number of aromatic hydroxyl groups is 1. The summed E-state index contributed by atoms with van der Waals surface area (Å²) in [5.41, 5.74) is 1.29. The summed E-state index contributed by atoms with van der Waals surface area (Å²) >= 11 is 0. The van der Waals surface area contributed by atoms with E-state index in [1.807, 2.05) is 13.0 Å². The molecule has 2 unspecified atom stereocenters. The van der Waals surface area contributed by atoms with Crippen molar-refractivity contribution in [2.75, 3.05) is 13.1 Å². The van der Waals surface area contributed by atoms with Gasteiger partial charge in [0.15, 0.2) is 0 Å². The van der Waals surface area contributed by atoms with Gasteiger partial charge in [-0.25, -0.2) is 0 Å². The van der Waals surface area contributed by atoms with Crippen LogP contribution in [-0.2, 0) is 0 Å². The SMILES string of the molecule is Cc1ccc(C(=O)NCC2CCC(C)NC2)c(O)c1. The minimum Gasteiger partial charge on any atom is -0.507 e. The van der Waals surface area contributed by atoms with E-state index in [1.54, 1.807) is 12.1 Å². The Morgan fingerprint density at radius 2 is 2.26 bits per heavy atom. The summed E-state index contributed by atoms with van der Waals surface area (Å²) in [5.74, 6) is 0.330. The van der Waals surface area contributed by atoms with Crippen LogP contribution in [0.4, 0.5) is 0 Å². The van der Waals surface area contributed by atoms with Crippen molar-refractivity contribution in [3.63, 3.8) is 0 Å². The van der Waals surface area contributed by atoms with Crippen molar-refractivity contribution < 1.29 is 9.90 Å². The third-order valence-corrected chi connectivity index (χ3v) is 3.71. The smallest absolute Gasteiger partial charge is 0.255 e. The Morgan fingerprint density at radius 3 is 2.89 bits per heavy atom. The summed E-state index contributed by atoms with van der Waals surface area (Å²) in [6, 6.07) is 5.69. The summed E-state index contributed by atoms with van der Waals surface area (Å²) in [7, 11) is 0. The van der Waals surface area contributed by atoms with Crippen molar-refractivity contribution in [3.8, 4) is 5.75 Å². The van der Waals surface area contributed by atoms with Gasteiger partial charge in [0.05, 0.1) is 5.56 Å².